The minimum atomic E-state index is -4.31. The summed E-state index contributed by atoms with van der Waals surface area (Å²) in [6.45, 7) is -1.14. The lowest BCUT2D eigenvalue weighted by Gasteiger charge is -2.16. The van der Waals surface area contributed by atoms with Gasteiger partial charge < -0.3 is 50.7 Å². The monoisotopic (exact) mass is 558 g/mol. The third-order valence-corrected chi connectivity index (χ3v) is 4.93. The van der Waals surface area contributed by atoms with Crippen molar-refractivity contribution in [1.29, 1.82) is 0 Å². The van der Waals surface area contributed by atoms with Crippen LogP contribution in [-0.2, 0) is 31.7 Å². The fraction of sp³-hybridized carbons (Fsp3) is 0.500. The topological polar surface area (TPSA) is 296 Å². The molecule has 2 aromatic heterocycles. The Labute approximate surface area is 203 Å². The van der Waals surface area contributed by atoms with Gasteiger partial charge in [0.05, 0.1) is 38.5 Å². The Morgan fingerprint density at radius 2 is 1.11 bits per heavy atom. The zero-order chi connectivity index (χ0) is 27.5. The summed E-state index contributed by atoms with van der Waals surface area (Å²) in [5.41, 5.74) is 9.33. The molecule has 20 heteroatoms. The molecular formula is C16H28N6O12P2. The molecule has 0 unspecified atom stereocenters. The van der Waals surface area contributed by atoms with Crippen molar-refractivity contribution < 1.29 is 48.4 Å². The molecule has 2 rings (SSSR count). The van der Waals surface area contributed by atoms with Crippen molar-refractivity contribution in [3.8, 4) is 0 Å². The summed E-state index contributed by atoms with van der Waals surface area (Å²) in [5.74, 6) is 0.126. The second kappa shape index (κ2) is 14.3. The quantitative estimate of drug-likeness (QED) is 0.118. The second-order valence-electron chi connectivity index (χ2n) is 7.10. The fourth-order valence-electron chi connectivity index (χ4n) is 2.33. The third-order valence-electron chi connectivity index (χ3n) is 3.96. The first kappa shape index (κ1) is 31.5. The van der Waals surface area contributed by atoms with Crippen molar-refractivity contribution in [2.75, 3.05) is 37.4 Å². The average molecular weight is 558 g/mol. The predicted octanol–water partition coefficient (Wildman–Crippen LogP) is -3.32. The number of nitrogens with zero attached hydrogens (tertiary/aromatic N) is 4. The third kappa shape index (κ3) is 13.0. The summed E-state index contributed by atoms with van der Waals surface area (Å²) in [6, 6.07) is 2.78. The molecule has 0 bridgehead atoms. The molecule has 0 amide bonds. The molecule has 10 N–H and O–H groups in total. The predicted molar refractivity (Wildman–Crippen MR) is 124 cm³/mol. The highest BCUT2D eigenvalue weighted by atomic mass is 31.2. The SMILES string of the molecule is Nc1ccn(C[C@@H](CO)OCP(=O)(O)O)c(=O)n1.Nc1ccn(C[C@@H](CO)OCP(=O)(O)O)c(=O)n1. The van der Waals surface area contributed by atoms with Crippen molar-refractivity contribution in [3.05, 3.63) is 45.5 Å². The van der Waals surface area contributed by atoms with Gasteiger partial charge in [0.15, 0.2) is 0 Å². The first-order valence-corrected chi connectivity index (χ1v) is 13.4. The van der Waals surface area contributed by atoms with Gasteiger partial charge in [0.2, 0.25) is 0 Å². The van der Waals surface area contributed by atoms with Gasteiger partial charge in [0.1, 0.15) is 24.3 Å². The summed E-state index contributed by atoms with van der Waals surface area (Å²) in [5, 5.41) is 18.0. The molecule has 0 radical (unpaired) electrons. The van der Waals surface area contributed by atoms with Gasteiger partial charge in [-0.3, -0.25) is 18.3 Å². The Balaban J connectivity index is 0.000000360. The minimum absolute atomic E-state index is 0.0629. The standard InChI is InChI=1S/2C8H14N3O6P/c2*9-7-1-2-11(8(13)10-7)3-6(4-12)17-5-18(14,15)16/h2*1-2,6,12H,3-5H2,(H2,9,10,13)(H2,14,15,16)/t2*6-/m00/s1. The second-order valence-corrected chi connectivity index (χ2v) is 10.3. The number of ether oxygens (including phenoxy) is 2. The summed E-state index contributed by atoms with van der Waals surface area (Å²) in [6.07, 6.45) is -0.769. The van der Waals surface area contributed by atoms with Gasteiger partial charge in [-0.2, -0.15) is 9.97 Å². The molecular weight excluding hydrogens is 530 g/mol. The van der Waals surface area contributed by atoms with E-state index < -0.39 is 64.7 Å². The van der Waals surface area contributed by atoms with Crippen LogP contribution in [0.3, 0.4) is 0 Å². The number of aliphatic hydroxyl groups excluding tert-OH is 2. The van der Waals surface area contributed by atoms with Crippen molar-refractivity contribution in [3.63, 3.8) is 0 Å². The number of nitrogen functional groups attached to an aromatic ring is 2. The van der Waals surface area contributed by atoms with E-state index in [0.717, 1.165) is 9.13 Å². The zero-order valence-electron chi connectivity index (χ0n) is 18.7. The maximum Gasteiger partial charge on any atom is 0.350 e. The summed E-state index contributed by atoms with van der Waals surface area (Å²) in [4.78, 5) is 64.2. The molecule has 18 nitrogen and oxygen atoms in total. The number of aliphatic hydroxyl groups is 2. The summed E-state index contributed by atoms with van der Waals surface area (Å²) < 4.78 is 33.1. The van der Waals surface area contributed by atoms with E-state index in [4.69, 9.17) is 50.7 Å². The molecule has 0 aromatic carbocycles. The zero-order valence-corrected chi connectivity index (χ0v) is 20.5. The summed E-state index contributed by atoms with van der Waals surface area (Å²) in [7, 11) is -8.63. The van der Waals surface area contributed by atoms with Crippen LogP contribution in [0.1, 0.15) is 0 Å². The Hall–Kier alpha value is -2.50. The number of nitrogens with two attached hydrogens (primary N) is 2. The maximum atomic E-state index is 11.4. The number of hydrogen-bond acceptors (Lipinski definition) is 12. The van der Waals surface area contributed by atoms with Crippen LogP contribution in [0.2, 0.25) is 0 Å². The first-order chi connectivity index (χ1) is 16.6. The number of rotatable bonds is 12. The molecule has 36 heavy (non-hydrogen) atoms. The molecule has 2 heterocycles. The van der Waals surface area contributed by atoms with Crippen molar-refractivity contribution in [1.82, 2.24) is 19.1 Å². The lowest BCUT2D eigenvalue weighted by Crippen LogP contribution is -2.32. The Bertz CT molecular complexity index is 1090. The van der Waals surface area contributed by atoms with Crippen molar-refractivity contribution in [2.45, 2.75) is 25.3 Å². The number of hydrogen-bond donors (Lipinski definition) is 8. The molecule has 0 saturated heterocycles. The van der Waals surface area contributed by atoms with E-state index in [1.165, 1.54) is 24.5 Å². The fourth-order valence-corrected chi connectivity index (χ4v) is 3.14. The highest BCUT2D eigenvalue weighted by Gasteiger charge is 2.19. The smallest absolute Gasteiger partial charge is 0.350 e. The van der Waals surface area contributed by atoms with Gasteiger partial charge in [-0.15, -0.1) is 0 Å². The Morgan fingerprint density at radius 1 is 0.778 bits per heavy atom. The molecule has 0 spiro atoms. The largest absolute Gasteiger partial charge is 0.394 e. The van der Waals surface area contributed by atoms with Gasteiger partial charge in [0, 0.05) is 12.4 Å². The molecule has 2 atom stereocenters. The molecule has 0 aliphatic rings. The van der Waals surface area contributed by atoms with Crippen molar-refractivity contribution >= 4 is 26.8 Å². The average Bonchev–Trinajstić information content (AvgIpc) is 2.76. The lowest BCUT2D eigenvalue weighted by molar-refractivity contribution is 0.0188. The first-order valence-electron chi connectivity index (χ1n) is 9.83. The number of aromatic nitrogens is 4. The van der Waals surface area contributed by atoms with E-state index in [2.05, 4.69) is 9.97 Å². The van der Waals surface area contributed by atoms with Crippen LogP contribution in [0.25, 0.3) is 0 Å². The van der Waals surface area contributed by atoms with Gasteiger partial charge in [0.25, 0.3) is 0 Å². The molecule has 0 saturated carbocycles. The van der Waals surface area contributed by atoms with Crippen LogP contribution in [0, 0.1) is 0 Å². The normalized spacial score (nSPS) is 13.5. The van der Waals surface area contributed by atoms with E-state index in [1.54, 1.807) is 0 Å². The molecule has 2 aromatic rings. The van der Waals surface area contributed by atoms with Crippen LogP contribution in [0.5, 0.6) is 0 Å². The maximum absolute atomic E-state index is 11.4. The summed E-state index contributed by atoms with van der Waals surface area (Å²) >= 11 is 0. The van der Waals surface area contributed by atoms with Crippen molar-refractivity contribution in [2.24, 2.45) is 0 Å². The van der Waals surface area contributed by atoms with E-state index in [0.29, 0.717) is 0 Å². The molecule has 0 aliphatic heterocycles. The lowest BCUT2D eigenvalue weighted by atomic mass is 10.3. The Kier molecular flexibility index (Phi) is 12.5. The van der Waals surface area contributed by atoms with Crippen LogP contribution in [-0.4, -0.2) is 87.0 Å². The number of anilines is 2. The van der Waals surface area contributed by atoms with Gasteiger partial charge in [-0.1, -0.05) is 0 Å². The van der Waals surface area contributed by atoms with E-state index in [1.807, 2.05) is 0 Å². The van der Waals surface area contributed by atoms with Gasteiger partial charge in [-0.25, -0.2) is 9.59 Å². The van der Waals surface area contributed by atoms with Crippen LogP contribution < -0.4 is 22.8 Å². The molecule has 204 valence electrons. The van der Waals surface area contributed by atoms with Gasteiger partial charge in [-0.05, 0) is 12.1 Å². The molecule has 0 fully saturated rings. The van der Waals surface area contributed by atoms with E-state index in [9.17, 15) is 18.7 Å². The van der Waals surface area contributed by atoms with Gasteiger partial charge >= 0.3 is 26.6 Å². The van der Waals surface area contributed by atoms with E-state index in [-0.39, 0.29) is 24.7 Å². The van der Waals surface area contributed by atoms with E-state index >= 15 is 0 Å². The van der Waals surface area contributed by atoms with Crippen LogP contribution >= 0.6 is 15.2 Å². The van der Waals surface area contributed by atoms with Crippen LogP contribution in [0.4, 0.5) is 11.6 Å². The highest BCUT2D eigenvalue weighted by molar-refractivity contribution is 7.51. The highest BCUT2D eigenvalue weighted by Crippen LogP contribution is 2.35. The minimum Gasteiger partial charge on any atom is -0.394 e. The Morgan fingerprint density at radius 3 is 1.36 bits per heavy atom. The molecule has 0 aliphatic carbocycles. The van der Waals surface area contributed by atoms with Crippen LogP contribution in [0.15, 0.2) is 34.1 Å².